The van der Waals surface area contributed by atoms with Crippen molar-refractivity contribution in [3.63, 3.8) is 0 Å². The van der Waals surface area contributed by atoms with Crippen molar-refractivity contribution in [2.75, 3.05) is 6.54 Å². The third-order valence-corrected chi connectivity index (χ3v) is 2.81. The molecule has 0 aliphatic heterocycles. The van der Waals surface area contributed by atoms with E-state index in [2.05, 4.69) is 5.32 Å². The molecule has 0 atom stereocenters. The first-order valence-electron chi connectivity index (χ1n) is 5.85. The summed E-state index contributed by atoms with van der Waals surface area (Å²) in [6.45, 7) is 3.16. The third kappa shape index (κ3) is 4.54. The molecule has 1 amide bonds. The van der Waals surface area contributed by atoms with Gasteiger partial charge in [0.15, 0.2) is 0 Å². The Bertz CT molecular complexity index is 523. The lowest BCUT2D eigenvalue weighted by Gasteiger charge is -2.07. The number of hydrogen-bond donors (Lipinski definition) is 2. The Kier molecular flexibility index (Phi) is 5.23. The van der Waals surface area contributed by atoms with Crippen LogP contribution in [-0.4, -0.2) is 23.5 Å². The van der Waals surface area contributed by atoms with Gasteiger partial charge in [0.05, 0.1) is 0 Å². The molecule has 5 heteroatoms. The first kappa shape index (κ1) is 14.9. The first-order valence-corrected chi connectivity index (χ1v) is 5.85. The van der Waals surface area contributed by atoms with Crippen LogP contribution in [0.1, 0.15) is 19.4 Å². The lowest BCUT2D eigenvalue weighted by atomic mass is 10.1. The van der Waals surface area contributed by atoms with Crippen molar-refractivity contribution in [1.29, 1.82) is 0 Å². The Morgan fingerprint density at radius 2 is 1.95 bits per heavy atom. The highest BCUT2D eigenvalue weighted by atomic mass is 19.1. The van der Waals surface area contributed by atoms with Crippen molar-refractivity contribution in [3.05, 3.63) is 46.8 Å². The van der Waals surface area contributed by atoms with Crippen molar-refractivity contribution >= 4 is 11.9 Å². The highest BCUT2D eigenvalue weighted by Gasteiger charge is 2.11. The minimum Gasteiger partial charge on any atom is -0.478 e. The van der Waals surface area contributed by atoms with Gasteiger partial charge in [-0.05, 0) is 38.0 Å². The number of nitrogens with one attached hydrogen (secondary N) is 1. The fourth-order valence-electron chi connectivity index (χ4n) is 1.48. The number of carboxylic acids is 1. The summed E-state index contributed by atoms with van der Waals surface area (Å²) in [4.78, 5) is 22.3. The summed E-state index contributed by atoms with van der Waals surface area (Å²) in [6.07, 6.45) is 0.489. The molecule has 0 aromatic heterocycles. The molecule has 1 aromatic rings. The van der Waals surface area contributed by atoms with Gasteiger partial charge in [0.25, 0.3) is 0 Å². The lowest BCUT2D eigenvalue weighted by Crippen LogP contribution is -2.27. The fraction of sp³-hybridized carbons (Fsp3) is 0.286. The number of halogens is 1. The van der Waals surface area contributed by atoms with Crippen molar-refractivity contribution < 1.29 is 19.1 Å². The number of hydrogen-bond acceptors (Lipinski definition) is 2. The molecule has 0 radical (unpaired) electrons. The molecule has 0 heterocycles. The minimum atomic E-state index is -1.11. The third-order valence-electron chi connectivity index (χ3n) is 2.81. The van der Waals surface area contributed by atoms with Gasteiger partial charge >= 0.3 is 5.97 Å². The summed E-state index contributed by atoms with van der Waals surface area (Å²) in [7, 11) is 0. The van der Waals surface area contributed by atoms with E-state index in [1.165, 1.54) is 26.0 Å². The second kappa shape index (κ2) is 6.68. The van der Waals surface area contributed by atoms with E-state index in [0.29, 0.717) is 13.0 Å². The van der Waals surface area contributed by atoms with Gasteiger partial charge in [-0.3, -0.25) is 4.79 Å². The number of carbonyl (C=O) groups excluding carboxylic acids is 1. The summed E-state index contributed by atoms with van der Waals surface area (Å²) in [5.74, 6) is -1.85. The Morgan fingerprint density at radius 3 is 2.53 bits per heavy atom. The molecule has 0 aliphatic rings. The zero-order chi connectivity index (χ0) is 14.4. The van der Waals surface area contributed by atoms with E-state index in [1.807, 2.05) is 0 Å². The predicted molar refractivity (Wildman–Crippen MR) is 69.1 cm³/mol. The zero-order valence-corrected chi connectivity index (χ0v) is 10.9. The molecule has 0 spiro atoms. The second-order valence-electron chi connectivity index (χ2n) is 4.19. The average Bonchev–Trinajstić information content (AvgIpc) is 2.36. The zero-order valence-electron chi connectivity index (χ0n) is 10.9. The maximum absolute atomic E-state index is 12.9. The maximum atomic E-state index is 12.9. The topological polar surface area (TPSA) is 66.4 Å². The van der Waals surface area contributed by atoms with E-state index in [1.54, 1.807) is 12.1 Å². The quantitative estimate of drug-likeness (QED) is 0.799. The molecule has 0 aliphatic carbocycles. The van der Waals surface area contributed by atoms with Crippen molar-refractivity contribution in [3.8, 4) is 0 Å². The molecule has 0 fully saturated rings. The van der Waals surface area contributed by atoms with Crippen LogP contribution in [0.15, 0.2) is 35.4 Å². The smallest absolute Gasteiger partial charge is 0.331 e. The van der Waals surface area contributed by atoms with Gasteiger partial charge in [0.2, 0.25) is 5.91 Å². The number of carbonyl (C=O) groups is 2. The van der Waals surface area contributed by atoms with Crippen molar-refractivity contribution in [1.82, 2.24) is 5.32 Å². The van der Waals surface area contributed by atoms with E-state index in [9.17, 15) is 14.0 Å². The Hall–Kier alpha value is -2.17. The number of aliphatic carboxylic acids is 1. The standard InChI is InChI=1S/C14H16FNO3/c1-9(10(2)14(18)19)13(17)16-7-6-11-4-3-5-12(15)8-11/h3-5,8H,6-7H2,1-2H3,(H,16,17)(H,18,19). The largest absolute Gasteiger partial charge is 0.478 e. The molecular weight excluding hydrogens is 249 g/mol. The predicted octanol–water partition coefficient (Wildman–Crippen LogP) is 1.91. The normalized spacial score (nSPS) is 11.7. The van der Waals surface area contributed by atoms with Gasteiger partial charge in [0, 0.05) is 17.7 Å². The van der Waals surface area contributed by atoms with Crippen LogP contribution in [0.5, 0.6) is 0 Å². The van der Waals surface area contributed by atoms with Gasteiger partial charge in [-0.1, -0.05) is 12.1 Å². The molecule has 0 saturated carbocycles. The highest BCUT2D eigenvalue weighted by molar-refractivity contribution is 6.01. The van der Waals surface area contributed by atoms with Crippen LogP contribution in [0, 0.1) is 5.82 Å². The van der Waals surface area contributed by atoms with E-state index in [4.69, 9.17) is 5.11 Å². The Morgan fingerprint density at radius 1 is 1.26 bits per heavy atom. The fourth-order valence-corrected chi connectivity index (χ4v) is 1.48. The second-order valence-corrected chi connectivity index (χ2v) is 4.19. The molecule has 2 N–H and O–H groups in total. The van der Waals surface area contributed by atoms with Crippen molar-refractivity contribution in [2.24, 2.45) is 0 Å². The number of carboxylic acid groups (broad SMARTS) is 1. The average molecular weight is 265 g/mol. The van der Waals surface area contributed by atoms with Crippen LogP contribution in [0.4, 0.5) is 4.39 Å². The summed E-state index contributed by atoms with van der Waals surface area (Å²) in [5, 5.41) is 11.4. The van der Waals surface area contributed by atoms with Gasteiger partial charge in [-0.15, -0.1) is 0 Å². The number of amides is 1. The molecule has 102 valence electrons. The van der Waals surface area contributed by atoms with Crippen LogP contribution < -0.4 is 5.32 Å². The molecule has 0 unspecified atom stereocenters. The summed E-state index contributed by atoms with van der Waals surface area (Å²) in [6, 6.07) is 6.12. The molecule has 1 aromatic carbocycles. The van der Waals surface area contributed by atoms with Crippen molar-refractivity contribution in [2.45, 2.75) is 20.3 Å². The molecule has 0 saturated heterocycles. The van der Waals surface area contributed by atoms with Gasteiger partial charge in [-0.2, -0.15) is 0 Å². The number of rotatable bonds is 5. The minimum absolute atomic E-state index is 0.0169. The van der Waals surface area contributed by atoms with Gasteiger partial charge in [-0.25, -0.2) is 9.18 Å². The van der Waals surface area contributed by atoms with Gasteiger partial charge in [0.1, 0.15) is 5.82 Å². The molecule has 4 nitrogen and oxygen atoms in total. The van der Waals surface area contributed by atoms with Crippen LogP contribution in [-0.2, 0) is 16.0 Å². The Balaban J connectivity index is 2.52. The van der Waals surface area contributed by atoms with Crippen LogP contribution in [0.25, 0.3) is 0 Å². The van der Waals surface area contributed by atoms with Crippen LogP contribution >= 0.6 is 0 Å². The first-order chi connectivity index (χ1) is 8.91. The van der Waals surface area contributed by atoms with E-state index in [0.717, 1.165) is 5.56 Å². The SMILES string of the molecule is CC(C(=O)O)=C(C)C(=O)NCCc1cccc(F)c1. The van der Waals surface area contributed by atoms with Gasteiger partial charge < -0.3 is 10.4 Å². The van der Waals surface area contributed by atoms with Crippen LogP contribution in [0.2, 0.25) is 0 Å². The monoisotopic (exact) mass is 265 g/mol. The molecular formula is C14H16FNO3. The van der Waals surface area contributed by atoms with E-state index < -0.39 is 11.9 Å². The molecule has 19 heavy (non-hydrogen) atoms. The number of benzene rings is 1. The maximum Gasteiger partial charge on any atom is 0.331 e. The molecule has 1 rings (SSSR count). The molecule has 0 bridgehead atoms. The van der Waals surface area contributed by atoms with Crippen LogP contribution in [0.3, 0.4) is 0 Å². The van der Waals surface area contributed by atoms with E-state index in [-0.39, 0.29) is 17.0 Å². The summed E-state index contributed by atoms with van der Waals surface area (Å²) in [5.41, 5.74) is 0.965. The highest BCUT2D eigenvalue weighted by Crippen LogP contribution is 2.05. The Labute approximate surface area is 110 Å². The summed E-state index contributed by atoms with van der Waals surface area (Å²) >= 11 is 0. The lowest BCUT2D eigenvalue weighted by molar-refractivity contribution is -0.133. The van der Waals surface area contributed by atoms with E-state index >= 15 is 0 Å². The summed E-state index contributed by atoms with van der Waals surface area (Å²) < 4.78 is 12.9.